The van der Waals surface area contributed by atoms with Crippen molar-refractivity contribution in [1.82, 2.24) is 10.9 Å². The Morgan fingerprint density at radius 3 is 2.10 bits per heavy atom. The number of rotatable bonds is 2. The van der Waals surface area contributed by atoms with Gasteiger partial charge in [-0.2, -0.15) is 0 Å². The molecule has 0 unspecified atom stereocenters. The summed E-state index contributed by atoms with van der Waals surface area (Å²) < 4.78 is 0. The van der Waals surface area contributed by atoms with Crippen LogP contribution in [0.2, 0.25) is 10.0 Å². The summed E-state index contributed by atoms with van der Waals surface area (Å²) in [7, 11) is 0. The first-order valence-corrected chi connectivity index (χ1v) is 6.59. The van der Waals surface area contributed by atoms with Gasteiger partial charge in [-0.3, -0.25) is 20.4 Å². The molecular formula is C14H10Cl2N2O3. The number of hydrazine groups is 1. The number of carbonyl (C=O) groups is 2. The molecule has 21 heavy (non-hydrogen) atoms. The number of hydrogen-bond acceptors (Lipinski definition) is 3. The topological polar surface area (TPSA) is 78.4 Å². The molecule has 2 rings (SSSR count). The standard InChI is InChI=1S/C14H10Cl2N2O3/c15-10-6-3-5-9(12(10)16)14(21)18-17-13(20)8-4-1-2-7-11(8)19/h1-7,19H,(H,17,20)(H,18,21). The van der Waals surface area contributed by atoms with Gasteiger partial charge in [-0.05, 0) is 24.3 Å². The van der Waals surface area contributed by atoms with E-state index >= 15 is 0 Å². The Kier molecular flexibility index (Phi) is 4.67. The lowest BCUT2D eigenvalue weighted by atomic mass is 10.2. The second-order valence-corrected chi connectivity index (χ2v) is 4.81. The Morgan fingerprint density at radius 2 is 1.43 bits per heavy atom. The fourth-order valence-corrected chi connectivity index (χ4v) is 1.98. The molecule has 0 aliphatic carbocycles. The van der Waals surface area contributed by atoms with E-state index in [2.05, 4.69) is 10.9 Å². The molecule has 7 heteroatoms. The van der Waals surface area contributed by atoms with Crippen molar-refractivity contribution in [3.63, 3.8) is 0 Å². The number of carbonyl (C=O) groups excluding carboxylic acids is 2. The van der Waals surface area contributed by atoms with Gasteiger partial charge in [0.05, 0.1) is 21.2 Å². The molecule has 0 aliphatic heterocycles. The number of para-hydroxylation sites is 1. The first-order chi connectivity index (χ1) is 10.0. The summed E-state index contributed by atoms with van der Waals surface area (Å²) >= 11 is 11.7. The van der Waals surface area contributed by atoms with Crippen LogP contribution in [0.15, 0.2) is 42.5 Å². The van der Waals surface area contributed by atoms with E-state index in [9.17, 15) is 14.7 Å². The minimum Gasteiger partial charge on any atom is -0.507 e. The van der Waals surface area contributed by atoms with E-state index in [0.29, 0.717) is 0 Å². The highest BCUT2D eigenvalue weighted by atomic mass is 35.5. The molecule has 108 valence electrons. The van der Waals surface area contributed by atoms with Crippen molar-refractivity contribution >= 4 is 35.0 Å². The fraction of sp³-hybridized carbons (Fsp3) is 0. The van der Waals surface area contributed by atoms with Gasteiger partial charge < -0.3 is 5.11 Å². The molecule has 0 heterocycles. The molecule has 0 fully saturated rings. The highest BCUT2D eigenvalue weighted by molar-refractivity contribution is 6.43. The number of aromatic hydroxyl groups is 1. The summed E-state index contributed by atoms with van der Waals surface area (Å²) in [4.78, 5) is 23.7. The molecule has 0 bridgehead atoms. The summed E-state index contributed by atoms with van der Waals surface area (Å²) in [5.74, 6) is -1.46. The van der Waals surface area contributed by atoms with Gasteiger partial charge in [-0.15, -0.1) is 0 Å². The summed E-state index contributed by atoms with van der Waals surface area (Å²) in [5, 5.41) is 9.86. The monoisotopic (exact) mass is 324 g/mol. The second-order valence-electron chi connectivity index (χ2n) is 4.03. The molecule has 2 aromatic rings. The van der Waals surface area contributed by atoms with Crippen LogP contribution in [-0.4, -0.2) is 16.9 Å². The number of phenols is 1. The average molecular weight is 325 g/mol. The van der Waals surface area contributed by atoms with Crippen molar-refractivity contribution in [2.45, 2.75) is 0 Å². The first-order valence-electron chi connectivity index (χ1n) is 5.83. The van der Waals surface area contributed by atoms with Crippen molar-refractivity contribution in [1.29, 1.82) is 0 Å². The van der Waals surface area contributed by atoms with Crippen LogP contribution in [0.25, 0.3) is 0 Å². The predicted molar refractivity (Wildman–Crippen MR) is 79.5 cm³/mol. The van der Waals surface area contributed by atoms with Crippen molar-refractivity contribution in [2.75, 3.05) is 0 Å². The minimum absolute atomic E-state index is 0.0370. The average Bonchev–Trinajstić information content (AvgIpc) is 2.47. The van der Waals surface area contributed by atoms with Gasteiger partial charge in [0.1, 0.15) is 5.75 Å². The van der Waals surface area contributed by atoms with Gasteiger partial charge in [0.25, 0.3) is 11.8 Å². The van der Waals surface area contributed by atoms with Gasteiger partial charge >= 0.3 is 0 Å². The predicted octanol–water partition coefficient (Wildman–Crippen LogP) is 2.77. The van der Waals surface area contributed by atoms with Crippen molar-refractivity contribution in [3.05, 3.63) is 63.6 Å². The maximum Gasteiger partial charge on any atom is 0.273 e. The second kappa shape index (κ2) is 6.47. The van der Waals surface area contributed by atoms with Gasteiger partial charge in [0, 0.05) is 0 Å². The van der Waals surface area contributed by atoms with Crippen LogP contribution in [0.1, 0.15) is 20.7 Å². The van der Waals surface area contributed by atoms with E-state index in [4.69, 9.17) is 23.2 Å². The summed E-state index contributed by atoms with van der Waals surface area (Å²) in [5.41, 5.74) is 4.55. The highest BCUT2D eigenvalue weighted by Gasteiger charge is 2.15. The Hall–Kier alpha value is -2.24. The molecule has 0 spiro atoms. The number of hydrogen-bond donors (Lipinski definition) is 3. The maximum atomic E-state index is 11.9. The van der Waals surface area contributed by atoms with Gasteiger partial charge in [-0.1, -0.05) is 41.4 Å². The number of phenolic OH excluding ortho intramolecular Hbond substituents is 1. The van der Waals surface area contributed by atoms with Gasteiger partial charge in [0.2, 0.25) is 0 Å². The van der Waals surface area contributed by atoms with Crippen LogP contribution in [0.3, 0.4) is 0 Å². The quantitative estimate of drug-likeness (QED) is 0.743. The van der Waals surface area contributed by atoms with E-state index in [1.54, 1.807) is 24.3 Å². The minimum atomic E-state index is -0.653. The Balaban J connectivity index is 2.06. The van der Waals surface area contributed by atoms with E-state index in [-0.39, 0.29) is 26.9 Å². The van der Waals surface area contributed by atoms with Gasteiger partial charge in [-0.25, -0.2) is 0 Å². The molecule has 0 saturated carbocycles. The first kappa shape index (κ1) is 15.2. The number of benzene rings is 2. The number of nitrogens with one attached hydrogen (secondary N) is 2. The zero-order valence-corrected chi connectivity index (χ0v) is 12.1. The third-order valence-corrected chi connectivity index (χ3v) is 3.45. The Bertz CT molecular complexity index is 704. The molecule has 2 amide bonds. The Labute approximate surface area is 130 Å². The molecule has 0 saturated heterocycles. The van der Waals surface area contributed by atoms with E-state index in [1.807, 2.05) is 0 Å². The van der Waals surface area contributed by atoms with Crippen LogP contribution in [-0.2, 0) is 0 Å². The van der Waals surface area contributed by atoms with E-state index in [1.165, 1.54) is 18.2 Å². The lowest BCUT2D eigenvalue weighted by Crippen LogP contribution is -2.41. The zero-order chi connectivity index (χ0) is 15.4. The van der Waals surface area contributed by atoms with Crippen molar-refractivity contribution in [2.24, 2.45) is 0 Å². The largest absolute Gasteiger partial charge is 0.507 e. The highest BCUT2D eigenvalue weighted by Crippen LogP contribution is 2.25. The molecule has 2 aromatic carbocycles. The van der Waals surface area contributed by atoms with Crippen LogP contribution in [0, 0.1) is 0 Å². The summed E-state index contributed by atoms with van der Waals surface area (Å²) in [6.07, 6.45) is 0. The van der Waals surface area contributed by atoms with Crippen LogP contribution in [0.4, 0.5) is 0 Å². The van der Waals surface area contributed by atoms with Crippen molar-refractivity contribution < 1.29 is 14.7 Å². The van der Waals surface area contributed by atoms with Crippen LogP contribution < -0.4 is 10.9 Å². The molecule has 0 aromatic heterocycles. The van der Waals surface area contributed by atoms with E-state index in [0.717, 1.165) is 0 Å². The van der Waals surface area contributed by atoms with Crippen LogP contribution >= 0.6 is 23.2 Å². The third kappa shape index (κ3) is 3.45. The summed E-state index contributed by atoms with van der Waals surface area (Å²) in [6.45, 7) is 0. The normalized spacial score (nSPS) is 10.0. The maximum absolute atomic E-state index is 11.9. The van der Waals surface area contributed by atoms with Gasteiger partial charge in [0.15, 0.2) is 0 Å². The number of halogens is 2. The van der Waals surface area contributed by atoms with E-state index < -0.39 is 11.8 Å². The number of amides is 2. The zero-order valence-electron chi connectivity index (χ0n) is 10.6. The lowest BCUT2D eigenvalue weighted by molar-refractivity contribution is 0.0845. The SMILES string of the molecule is O=C(NNC(=O)c1cccc(Cl)c1Cl)c1ccccc1O. The third-order valence-electron chi connectivity index (χ3n) is 2.63. The summed E-state index contributed by atoms with van der Waals surface area (Å²) in [6, 6.07) is 10.5. The molecule has 3 N–H and O–H groups in total. The Morgan fingerprint density at radius 1 is 0.857 bits per heavy atom. The smallest absolute Gasteiger partial charge is 0.273 e. The fourth-order valence-electron chi connectivity index (χ4n) is 1.59. The van der Waals surface area contributed by atoms with Crippen LogP contribution in [0.5, 0.6) is 5.75 Å². The molecule has 0 radical (unpaired) electrons. The molecule has 5 nitrogen and oxygen atoms in total. The lowest BCUT2D eigenvalue weighted by Gasteiger charge is -2.09. The molecule has 0 aliphatic rings. The van der Waals surface area contributed by atoms with Crippen molar-refractivity contribution in [3.8, 4) is 5.75 Å². The molecule has 0 atom stereocenters. The molecular weight excluding hydrogens is 315 g/mol.